The lowest BCUT2D eigenvalue weighted by Crippen LogP contribution is -2.42. The van der Waals surface area contributed by atoms with Crippen LogP contribution in [-0.2, 0) is 16.8 Å². The van der Waals surface area contributed by atoms with E-state index in [4.69, 9.17) is 9.47 Å². The first kappa shape index (κ1) is 18.7. The van der Waals surface area contributed by atoms with Gasteiger partial charge < -0.3 is 14.8 Å². The predicted octanol–water partition coefficient (Wildman–Crippen LogP) is 4.50. The Morgan fingerprint density at radius 1 is 1.03 bits per heavy atom. The van der Waals surface area contributed by atoms with Crippen molar-refractivity contribution in [3.63, 3.8) is 0 Å². The van der Waals surface area contributed by atoms with E-state index in [0.29, 0.717) is 6.54 Å². The van der Waals surface area contributed by atoms with Crippen molar-refractivity contribution >= 4 is 11.6 Å². The summed E-state index contributed by atoms with van der Waals surface area (Å²) in [7, 11) is 0. The Balaban J connectivity index is 1.36. The second kappa shape index (κ2) is 7.86. The molecule has 6 heteroatoms. The lowest BCUT2D eigenvalue weighted by atomic mass is 9.68. The summed E-state index contributed by atoms with van der Waals surface area (Å²) < 4.78 is 12.9. The second-order valence-electron chi connectivity index (χ2n) is 8.07. The van der Waals surface area contributed by atoms with Gasteiger partial charge in [-0.3, -0.25) is 9.48 Å². The summed E-state index contributed by atoms with van der Waals surface area (Å²) in [5, 5.41) is 7.41. The first-order valence-electron chi connectivity index (χ1n) is 10.5. The molecule has 154 valence electrons. The van der Waals surface area contributed by atoms with Crippen LogP contribution in [0.4, 0.5) is 5.69 Å². The molecular formula is C24H25N3O3. The number of rotatable bonds is 5. The minimum atomic E-state index is -0.535. The molecule has 1 aromatic heterocycles. The first-order valence-corrected chi connectivity index (χ1v) is 10.5. The van der Waals surface area contributed by atoms with Crippen molar-refractivity contribution in [2.24, 2.45) is 0 Å². The monoisotopic (exact) mass is 403 g/mol. The number of ether oxygens (including phenoxy) is 2. The van der Waals surface area contributed by atoms with Gasteiger partial charge in [0.2, 0.25) is 12.7 Å². The van der Waals surface area contributed by atoms with Crippen molar-refractivity contribution < 1.29 is 14.3 Å². The zero-order valence-corrected chi connectivity index (χ0v) is 16.8. The fourth-order valence-corrected chi connectivity index (χ4v) is 4.52. The molecule has 30 heavy (non-hydrogen) atoms. The van der Waals surface area contributed by atoms with Crippen LogP contribution >= 0.6 is 0 Å². The molecule has 3 aromatic rings. The van der Waals surface area contributed by atoms with Crippen molar-refractivity contribution in [2.45, 2.75) is 44.1 Å². The number of aromatic nitrogens is 2. The van der Waals surface area contributed by atoms with Crippen LogP contribution in [0.15, 0.2) is 60.9 Å². The number of carbonyl (C=O) groups is 1. The van der Waals surface area contributed by atoms with E-state index in [1.54, 1.807) is 6.20 Å². The van der Waals surface area contributed by atoms with E-state index < -0.39 is 5.41 Å². The van der Waals surface area contributed by atoms with E-state index in [0.717, 1.165) is 54.0 Å². The van der Waals surface area contributed by atoms with Gasteiger partial charge in [-0.1, -0.05) is 37.5 Å². The quantitative estimate of drug-likeness (QED) is 0.681. The summed E-state index contributed by atoms with van der Waals surface area (Å²) in [6.45, 7) is 0.950. The lowest BCUT2D eigenvalue weighted by molar-refractivity contribution is -0.122. The molecule has 1 aliphatic carbocycles. The van der Waals surface area contributed by atoms with E-state index in [2.05, 4.69) is 10.4 Å². The number of benzene rings is 2. The highest BCUT2D eigenvalue weighted by molar-refractivity contribution is 5.99. The zero-order chi connectivity index (χ0) is 20.4. The Morgan fingerprint density at radius 2 is 1.83 bits per heavy atom. The molecule has 2 heterocycles. The van der Waals surface area contributed by atoms with Gasteiger partial charge in [0, 0.05) is 18.1 Å². The number of fused-ring (bicyclic) bond motifs is 1. The average molecular weight is 403 g/mol. The van der Waals surface area contributed by atoms with Crippen molar-refractivity contribution in [1.82, 2.24) is 9.78 Å². The summed E-state index contributed by atoms with van der Waals surface area (Å²) in [6.07, 6.45) is 8.66. The van der Waals surface area contributed by atoms with E-state index in [1.165, 1.54) is 6.42 Å². The van der Waals surface area contributed by atoms with Crippen LogP contribution in [0.25, 0.3) is 0 Å². The van der Waals surface area contributed by atoms with Crippen molar-refractivity contribution in [3.8, 4) is 11.5 Å². The van der Waals surface area contributed by atoms with Gasteiger partial charge in [-0.15, -0.1) is 0 Å². The van der Waals surface area contributed by atoms with E-state index in [9.17, 15) is 4.79 Å². The van der Waals surface area contributed by atoms with E-state index >= 15 is 0 Å². The molecule has 6 nitrogen and oxygen atoms in total. The maximum Gasteiger partial charge on any atom is 0.235 e. The summed E-state index contributed by atoms with van der Waals surface area (Å²) in [5.41, 5.74) is 2.43. The molecule has 0 atom stereocenters. The van der Waals surface area contributed by atoms with Crippen molar-refractivity contribution in [1.29, 1.82) is 0 Å². The van der Waals surface area contributed by atoms with Crippen LogP contribution in [0.1, 0.15) is 43.2 Å². The van der Waals surface area contributed by atoms with Gasteiger partial charge in [0.15, 0.2) is 11.5 Å². The number of nitrogens with zero attached hydrogens (tertiary/aromatic N) is 2. The van der Waals surface area contributed by atoms with E-state index in [1.807, 2.05) is 59.4 Å². The van der Waals surface area contributed by atoms with Gasteiger partial charge >= 0.3 is 0 Å². The largest absolute Gasteiger partial charge is 0.454 e. The Morgan fingerprint density at radius 3 is 2.60 bits per heavy atom. The molecule has 5 rings (SSSR count). The second-order valence-corrected chi connectivity index (χ2v) is 8.07. The highest BCUT2D eigenvalue weighted by Crippen LogP contribution is 2.44. The summed E-state index contributed by atoms with van der Waals surface area (Å²) >= 11 is 0. The third-order valence-electron chi connectivity index (χ3n) is 6.18. The van der Waals surface area contributed by atoms with Gasteiger partial charge in [-0.25, -0.2) is 0 Å². The third-order valence-corrected chi connectivity index (χ3v) is 6.18. The van der Waals surface area contributed by atoms with Gasteiger partial charge in [0.05, 0.1) is 12.0 Å². The topological polar surface area (TPSA) is 65.4 Å². The molecule has 1 N–H and O–H groups in total. The zero-order valence-electron chi connectivity index (χ0n) is 16.8. The molecule has 2 aliphatic rings. The van der Waals surface area contributed by atoms with Crippen molar-refractivity contribution in [2.75, 3.05) is 12.1 Å². The van der Waals surface area contributed by atoms with Crippen LogP contribution in [0, 0.1) is 0 Å². The van der Waals surface area contributed by atoms with Gasteiger partial charge in [-0.2, -0.15) is 5.10 Å². The molecule has 1 aliphatic heterocycles. The molecule has 0 saturated heterocycles. The third kappa shape index (κ3) is 3.54. The number of carbonyl (C=O) groups excluding carboxylic acids is 1. The van der Waals surface area contributed by atoms with Crippen LogP contribution in [0.5, 0.6) is 11.5 Å². The first-order chi connectivity index (χ1) is 14.7. The number of nitrogens with one attached hydrogen (secondary N) is 1. The number of hydrogen-bond donors (Lipinski definition) is 1. The Hall–Kier alpha value is -3.28. The fraction of sp³-hybridized carbons (Fsp3) is 0.333. The minimum Gasteiger partial charge on any atom is -0.454 e. The molecule has 1 saturated carbocycles. The Labute approximate surface area is 175 Å². The van der Waals surface area contributed by atoms with Crippen LogP contribution in [-0.4, -0.2) is 22.5 Å². The molecule has 2 aromatic carbocycles. The molecule has 0 spiro atoms. The Bertz CT molecular complexity index is 1020. The highest BCUT2D eigenvalue weighted by atomic mass is 16.7. The number of hydrogen-bond acceptors (Lipinski definition) is 4. The standard InChI is InChI=1S/C24H25N3O3/c28-23(26-20-8-5-18(6-9-20)16-27-14-4-13-25-27)24(11-2-1-3-12-24)19-7-10-21-22(15-19)30-17-29-21/h4-10,13-15H,1-3,11-12,16-17H2,(H,26,28). The average Bonchev–Trinajstić information content (AvgIpc) is 3.47. The molecule has 0 bridgehead atoms. The SMILES string of the molecule is O=C(Nc1ccc(Cn2cccn2)cc1)C1(c2ccc3c(c2)OCO3)CCCCC1. The Kier molecular flexibility index (Phi) is 4.91. The normalized spacial score (nSPS) is 16.9. The molecule has 1 amide bonds. The summed E-state index contributed by atoms with van der Waals surface area (Å²) in [4.78, 5) is 13.5. The fourth-order valence-electron chi connectivity index (χ4n) is 4.52. The minimum absolute atomic E-state index is 0.0564. The van der Waals surface area contributed by atoms with Crippen molar-refractivity contribution in [3.05, 3.63) is 72.1 Å². The van der Waals surface area contributed by atoms with Gasteiger partial charge in [0.25, 0.3) is 0 Å². The smallest absolute Gasteiger partial charge is 0.235 e. The van der Waals surface area contributed by atoms with Gasteiger partial charge in [0.1, 0.15) is 0 Å². The van der Waals surface area contributed by atoms with E-state index in [-0.39, 0.29) is 12.7 Å². The van der Waals surface area contributed by atoms with Crippen LogP contribution in [0.3, 0.4) is 0 Å². The highest BCUT2D eigenvalue weighted by Gasteiger charge is 2.42. The predicted molar refractivity (Wildman–Crippen MR) is 114 cm³/mol. The summed E-state index contributed by atoms with van der Waals surface area (Å²) in [5.74, 6) is 1.53. The summed E-state index contributed by atoms with van der Waals surface area (Å²) in [6, 6.07) is 15.8. The number of amides is 1. The molecular weight excluding hydrogens is 378 g/mol. The van der Waals surface area contributed by atoms with Crippen LogP contribution in [0.2, 0.25) is 0 Å². The maximum absolute atomic E-state index is 13.5. The maximum atomic E-state index is 13.5. The molecule has 0 radical (unpaired) electrons. The van der Waals surface area contributed by atoms with Gasteiger partial charge in [-0.05, 0) is 54.3 Å². The molecule has 1 fully saturated rings. The number of anilines is 1. The molecule has 0 unspecified atom stereocenters. The van der Waals surface area contributed by atoms with Crippen LogP contribution < -0.4 is 14.8 Å². The lowest BCUT2D eigenvalue weighted by Gasteiger charge is -2.36.